The first kappa shape index (κ1) is 19.4. The maximum Gasteiger partial charge on any atom is 0.243 e. The van der Waals surface area contributed by atoms with E-state index in [2.05, 4.69) is 5.92 Å². The van der Waals surface area contributed by atoms with Crippen molar-refractivity contribution in [1.82, 2.24) is 4.31 Å². The van der Waals surface area contributed by atoms with E-state index in [0.29, 0.717) is 24.3 Å². The SMILES string of the molecule is C#CC[C@H]1[C@@H]2OC(CC)(CC)O[C@@H]2CCN1S(=O)(=O)c1ccc(C)cc1. The molecule has 26 heavy (non-hydrogen) atoms. The standard InChI is InChI=1S/C20H27NO4S/c1-5-8-17-19-18(24-20(6-2,7-3)25-19)13-14-21(17)26(22,23)16-11-9-15(4)10-12-16/h1,9-12,17-19H,6-8,13-14H2,2-4H3/t17-,18+,19-/m0/s1. The van der Waals surface area contributed by atoms with Gasteiger partial charge in [0, 0.05) is 13.0 Å². The molecule has 0 saturated carbocycles. The Morgan fingerprint density at radius 3 is 2.46 bits per heavy atom. The van der Waals surface area contributed by atoms with E-state index in [-0.39, 0.29) is 12.2 Å². The first-order valence-electron chi connectivity index (χ1n) is 9.24. The number of nitrogens with zero attached hydrogens (tertiary/aromatic N) is 1. The summed E-state index contributed by atoms with van der Waals surface area (Å²) in [5.41, 5.74) is 1.02. The highest BCUT2D eigenvalue weighted by Gasteiger charge is 2.53. The topological polar surface area (TPSA) is 55.8 Å². The van der Waals surface area contributed by atoms with Crippen LogP contribution < -0.4 is 0 Å². The predicted octanol–water partition coefficient (Wildman–Crippen LogP) is 3.08. The largest absolute Gasteiger partial charge is 0.344 e. The van der Waals surface area contributed by atoms with E-state index in [9.17, 15) is 8.42 Å². The fourth-order valence-corrected chi connectivity index (χ4v) is 5.54. The van der Waals surface area contributed by atoms with E-state index in [4.69, 9.17) is 15.9 Å². The summed E-state index contributed by atoms with van der Waals surface area (Å²) in [5, 5.41) is 0. The third kappa shape index (κ3) is 3.29. The summed E-state index contributed by atoms with van der Waals surface area (Å²) in [5.74, 6) is 2.00. The number of aryl methyl sites for hydroxylation is 1. The zero-order valence-electron chi connectivity index (χ0n) is 15.6. The Bertz CT molecular complexity index is 777. The summed E-state index contributed by atoms with van der Waals surface area (Å²) in [6.45, 7) is 6.37. The first-order chi connectivity index (χ1) is 12.4. The summed E-state index contributed by atoms with van der Waals surface area (Å²) in [7, 11) is -3.64. The Hall–Kier alpha value is -1.39. The molecule has 0 unspecified atom stereocenters. The van der Waals surface area contributed by atoms with Crippen molar-refractivity contribution in [3.05, 3.63) is 29.8 Å². The fourth-order valence-electron chi connectivity index (χ4n) is 3.89. The van der Waals surface area contributed by atoms with Gasteiger partial charge in [-0.05, 0) is 38.3 Å². The van der Waals surface area contributed by atoms with Crippen LogP contribution in [-0.4, -0.2) is 43.3 Å². The first-order valence-corrected chi connectivity index (χ1v) is 10.7. The van der Waals surface area contributed by atoms with E-state index >= 15 is 0 Å². The molecular formula is C20H27NO4S. The van der Waals surface area contributed by atoms with E-state index in [1.165, 1.54) is 4.31 Å². The second kappa shape index (κ2) is 7.32. The molecule has 1 aromatic rings. The minimum Gasteiger partial charge on any atom is -0.344 e. The van der Waals surface area contributed by atoms with Crippen LogP contribution in [-0.2, 0) is 19.5 Å². The third-order valence-corrected chi connectivity index (χ3v) is 7.44. The molecule has 5 nitrogen and oxygen atoms in total. The maximum atomic E-state index is 13.2. The molecule has 0 spiro atoms. The zero-order chi connectivity index (χ0) is 18.9. The quantitative estimate of drug-likeness (QED) is 0.740. The molecule has 2 heterocycles. The maximum absolute atomic E-state index is 13.2. The summed E-state index contributed by atoms with van der Waals surface area (Å²) in [6.07, 6.45) is 7.49. The van der Waals surface area contributed by atoms with E-state index < -0.39 is 21.9 Å². The Labute approximate surface area is 156 Å². The summed E-state index contributed by atoms with van der Waals surface area (Å²) in [6, 6.07) is 6.51. The van der Waals surface area contributed by atoms with Crippen molar-refractivity contribution in [2.75, 3.05) is 6.54 Å². The second-order valence-electron chi connectivity index (χ2n) is 7.05. The van der Waals surface area contributed by atoms with Gasteiger partial charge in [0.05, 0.1) is 17.0 Å². The van der Waals surface area contributed by atoms with Gasteiger partial charge < -0.3 is 9.47 Å². The normalized spacial score (nSPS) is 28.5. The average Bonchev–Trinajstić information content (AvgIpc) is 3.02. The molecule has 2 saturated heterocycles. The number of fused-ring (bicyclic) bond motifs is 1. The van der Waals surface area contributed by atoms with E-state index in [1.54, 1.807) is 12.1 Å². The monoisotopic (exact) mass is 377 g/mol. The van der Waals surface area contributed by atoms with Crippen LogP contribution >= 0.6 is 0 Å². The molecule has 6 heteroatoms. The van der Waals surface area contributed by atoms with Gasteiger partial charge in [-0.25, -0.2) is 8.42 Å². The van der Waals surface area contributed by atoms with E-state index in [0.717, 1.165) is 18.4 Å². The fraction of sp³-hybridized carbons (Fsp3) is 0.600. The highest BCUT2D eigenvalue weighted by atomic mass is 32.2. The minimum atomic E-state index is -3.64. The molecule has 0 radical (unpaired) electrons. The van der Waals surface area contributed by atoms with Gasteiger partial charge in [0.2, 0.25) is 10.0 Å². The third-order valence-electron chi connectivity index (χ3n) is 5.50. The summed E-state index contributed by atoms with van der Waals surface area (Å²) in [4.78, 5) is 0.291. The van der Waals surface area contributed by atoms with Gasteiger partial charge in [-0.2, -0.15) is 4.31 Å². The average molecular weight is 378 g/mol. The van der Waals surface area contributed by atoms with Crippen molar-refractivity contribution in [3.63, 3.8) is 0 Å². The highest BCUT2D eigenvalue weighted by Crippen LogP contribution is 2.42. The van der Waals surface area contributed by atoms with Crippen LogP contribution in [0.4, 0.5) is 0 Å². The second-order valence-corrected chi connectivity index (χ2v) is 8.94. The molecular weight excluding hydrogens is 350 g/mol. The van der Waals surface area contributed by atoms with Gasteiger partial charge in [0.15, 0.2) is 5.79 Å². The molecule has 3 rings (SSSR count). The molecule has 2 fully saturated rings. The van der Waals surface area contributed by atoms with Crippen LogP contribution in [0.5, 0.6) is 0 Å². The summed E-state index contributed by atoms with van der Waals surface area (Å²) >= 11 is 0. The van der Waals surface area contributed by atoms with Gasteiger partial charge in [0.25, 0.3) is 0 Å². The van der Waals surface area contributed by atoms with Crippen molar-refractivity contribution in [3.8, 4) is 12.3 Å². The number of sulfonamides is 1. The van der Waals surface area contributed by atoms with Crippen LogP contribution in [0.25, 0.3) is 0 Å². The molecule has 2 aliphatic rings. The molecule has 1 aromatic carbocycles. The van der Waals surface area contributed by atoms with Gasteiger partial charge in [0.1, 0.15) is 6.10 Å². The number of terminal acetylenes is 1. The molecule has 0 aromatic heterocycles. The van der Waals surface area contributed by atoms with Crippen molar-refractivity contribution in [2.45, 2.75) is 75.4 Å². The molecule has 0 bridgehead atoms. The van der Waals surface area contributed by atoms with Crippen LogP contribution in [0.3, 0.4) is 0 Å². The van der Waals surface area contributed by atoms with Crippen LogP contribution in [0.2, 0.25) is 0 Å². The lowest BCUT2D eigenvalue weighted by molar-refractivity contribution is -0.180. The summed E-state index contributed by atoms with van der Waals surface area (Å²) < 4.78 is 40.5. The number of ether oxygens (including phenoxy) is 2. The van der Waals surface area contributed by atoms with E-state index in [1.807, 2.05) is 32.9 Å². The zero-order valence-corrected chi connectivity index (χ0v) is 16.5. The minimum absolute atomic E-state index is 0.113. The lowest BCUT2D eigenvalue weighted by Gasteiger charge is -2.39. The lowest BCUT2D eigenvalue weighted by atomic mass is 9.96. The van der Waals surface area contributed by atoms with Crippen molar-refractivity contribution < 1.29 is 17.9 Å². The van der Waals surface area contributed by atoms with Crippen molar-refractivity contribution in [1.29, 1.82) is 0 Å². The van der Waals surface area contributed by atoms with Gasteiger partial charge in [-0.3, -0.25) is 0 Å². The van der Waals surface area contributed by atoms with Gasteiger partial charge in [-0.1, -0.05) is 31.5 Å². The number of rotatable bonds is 5. The smallest absolute Gasteiger partial charge is 0.243 e. The molecule has 3 atom stereocenters. The Morgan fingerprint density at radius 2 is 1.88 bits per heavy atom. The molecule has 142 valence electrons. The Morgan fingerprint density at radius 1 is 1.23 bits per heavy atom. The van der Waals surface area contributed by atoms with Crippen LogP contribution in [0, 0.1) is 19.3 Å². The molecule has 2 aliphatic heterocycles. The van der Waals surface area contributed by atoms with Crippen LogP contribution in [0.15, 0.2) is 29.2 Å². The molecule has 0 amide bonds. The molecule has 0 aliphatic carbocycles. The predicted molar refractivity (Wildman–Crippen MR) is 100.0 cm³/mol. The number of benzene rings is 1. The van der Waals surface area contributed by atoms with Crippen molar-refractivity contribution >= 4 is 10.0 Å². The molecule has 0 N–H and O–H groups in total. The highest BCUT2D eigenvalue weighted by molar-refractivity contribution is 7.89. The number of piperidine rings is 1. The Kier molecular flexibility index (Phi) is 5.45. The lowest BCUT2D eigenvalue weighted by Crippen LogP contribution is -2.55. The number of hydrogen-bond donors (Lipinski definition) is 0. The van der Waals surface area contributed by atoms with Crippen LogP contribution in [0.1, 0.15) is 45.1 Å². The van der Waals surface area contributed by atoms with Gasteiger partial charge >= 0.3 is 0 Å². The Balaban J connectivity index is 1.93. The van der Waals surface area contributed by atoms with Gasteiger partial charge in [-0.15, -0.1) is 12.3 Å². The number of hydrogen-bond acceptors (Lipinski definition) is 4. The van der Waals surface area contributed by atoms with Crippen molar-refractivity contribution in [2.24, 2.45) is 0 Å².